The maximum Gasteiger partial charge on any atom is 0.123 e. The van der Waals surface area contributed by atoms with Crippen LogP contribution in [-0.2, 0) is 0 Å². The van der Waals surface area contributed by atoms with Gasteiger partial charge >= 0.3 is 0 Å². The van der Waals surface area contributed by atoms with Crippen LogP contribution >= 0.6 is 11.8 Å². The summed E-state index contributed by atoms with van der Waals surface area (Å²) in [6.45, 7) is 3.91. The molecule has 3 rings (SSSR count). The molecule has 130 valence electrons. The lowest BCUT2D eigenvalue weighted by Gasteiger charge is -2.15. The van der Waals surface area contributed by atoms with Gasteiger partial charge < -0.3 is 0 Å². The van der Waals surface area contributed by atoms with Gasteiger partial charge in [-0.05, 0) is 47.4 Å². The molecule has 0 amide bonds. The predicted molar refractivity (Wildman–Crippen MR) is 111 cm³/mol. The van der Waals surface area contributed by atoms with Crippen molar-refractivity contribution >= 4 is 17.3 Å². The molecular weight excluding hydrogens is 339 g/mol. The van der Waals surface area contributed by atoms with Crippen LogP contribution in [0.2, 0.25) is 0 Å². The summed E-state index contributed by atoms with van der Waals surface area (Å²) in [7, 11) is 0. The number of allylic oxidation sites excluding steroid dienone is 1. The molecule has 0 N–H and O–H groups in total. The topological polar surface area (TPSA) is 0 Å². The van der Waals surface area contributed by atoms with Gasteiger partial charge in [-0.2, -0.15) is 0 Å². The van der Waals surface area contributed by atoms with Crippen LogP contribution in [0.4, 0.5) is 4.39 Å². The molecule has 0 aliphatic carbocycles. The van der Waals surface area contributed by atoms with Gasteiger partial charge in [0, 0.05) is 10.1 Å². The molecule has 0 saturated carbocycles. The number of hydrogen-bond donors (Lipinski definition) is 0. The zero-order valence-corrected chi connectivity index (χ0v) is 15.3. The molecule has 0 aliphatic rings. The van der Waals surface area contributed by atoms with E-state index in [4.69, 9.17) is 0 Å². The third-order valence-corrected chi connectivity index (χ3v) is 5.20. The smallest absolute Gasteiger partial charge is 0.123 e. The fourth-order valence-electron chi connectivity index (χ4n) is 2.78. The molecule has 0 heterocycles. The van der Waals surface area contributed by atoms with E-state index < -0.39 is 0 Å². The summed E-state index contributed by atoms with van der Waals surface area (Å²) >= 11 is 1.73. The van der Waals surface area contributed by atoms with E-state index in [1.54, 1.807) is 11.8 Å². The van der Waals surface area contributed by atoms with E-state index in [0.717, 1.165) is 11.3 Å². The Morgan fingerprint density at radius 3 is 1.88 bits per heavy atom. The predicted octanol–water partition coefficient (Wildman–Crippen LogP) is 6.99. The standard InChI is InChI=1S/C24H21FS/c1-2-9-23(26-22-16-14-21(25)15-17-22)18-24(19-10-5-3-6-11-19)20-12-7-4-8-13-20/h2-8,10-18,23H,1,9H2. The molecule has 0 saturated heterocycles. The van der Waals surface area contributed by atoms with Crippen molar-refractivity contribution in [3.05, 3.63) is 121 Å². The van der Waals surface area contributed by atoms with Crippen LogP contribution in [0, 0.1) is 5.82 Å². The highest BCUT2D eigenvalue weighted by molar-refractivity contribution is 8.00. The Bertz CT molecular complexity index is 810. The molecule has 0 radical (unpaired) electrons. The van der Waals surface area contributed by atoms with Crippen LogP contribution < -0.4 is 0 Å². The lowest BCUT2D eigenvalue weighted by Crippen LogP contribution is -2.00. The molecule has 0 fully saturated rings. The van der Waals surface area contributed by atoms with Gasteiger partial charge in [0.2, 0.25) is 0 Å². The minimum absolute atomic E-state index is 0.209. The second-order valence-corrected chi connectivity index (χ2v) is 7.26. The quantitative estimate of drug-likeness (QED) is 0.323. The highest BCUT2D eigenvalue weighted by atomic mass is 32.2. The van der Waals surface area contributed by atoms with Crippen LogP contribution in [0.15, 0.2) is 109 Å². The average Bonchev–Trinajstić information content (AvgIpc) is 2.69. The second kappa shape index (κ2) is 9.21. The van der Waals surface area contributed by atoms with Crippen LogP contribution in [0.1, 0.15) is 17.5 Å². The molecule has 2 heteroatoms. The van der Waals surface area contributed by atoms with Crippen molar-refractivity contribution in [2.75, 3.05) is 0 Å². The van der Waals surface area contributed by atoms with Crippen molar-refractivity contribution in [3.63, 3.8) is 0 Å². The molecule has 3 aromatic rings. The van der Waals surface area contributed by atoms with Crippen LogP contribution in [0.5, 0.6) is 0 Å². The van der Waals surface area contributed by atoms with Gasteiger partial charge in [-0.3, -0.25) is 0 Å². The van der Waals surface area contributed by atoms with Crippen molar-refractivity contribution in [2.45, 2.75) is 16.6 Å². The number of rotatable bonds is 7. The lowest BCUT2D eigenvalue weighted by molar-refractivity contribution is 0.626. The summed E-state index contributed by atoms with van der Waals surface area (Å²) in [6.07, 6.45) is 5.07. The maximum absolute atomic E-state index is 13.2. The second-order valence-electron chi connectivity index (χ2n) is 5.95. The normalized spacial score (nSPS) is 11.6. The van der Waals surface area contributed by atoms with Crippen molar-refractivity contribution in [1.82, 2.24) is 0 Å². The molecule has 1 unspecified atom stereocenters. The third-order valence-electron chi connectivity index (χ3n) is 4.02. The molecule has 0 nitrogen and oxygen atoms in total. The summed E-state index contributed by atoms with van der Waals surface area (Å²) < 4.78 is 13.2. The Balaban J connectivity index is 1.97. The van der Waals surface area contributed by atoms with Crippen molar-refractivity contribution in [2.24, 2.45) is 0 Å². The lowest BCUT2D eigenvalue weighted by atomic mass is 9.96. The van der Waals surface area contributed by atoms with Gasteiger partial charge in [-0.15, -0.1) is 18.3 Å². The molecule has 0 bridgehead atoms. The summed E-state index contributed by atoms with van der Waals surface area (Å²) in [5.74, 6) is -0.209. The summed E-state index contributed by atoms with van der Waals surface area (Å²) in [5.41, 5.74) is 3.58. The van der Waals surface area contributed by atoms with Gasteiger partial charge in [-0.1, -0.05) is 72.8 Å². The Morgan fingerprint density at radius 1 is 0.846 bits per heavy atom. The van der Waals surface area contributed by atoms with Gasteiger partial charge in [0.05, 0.1) is 0 Å². The zero-order valence-electron chi connectivity index (χ0n) is 14.5. The first-order valence-corrected chi connectivity index (χ1v) is 9.50. The molecule has 26 heavy (non-hydrogen) atoms. The summed E-state index contributed by atoms with van der Waals surface area (Å²) in [4.78, 5) is 1.05. The Labute approximate surface area is 159 Å². The number of halogens is 1. The van der Waals surface area contributed by atoms with Crippen molar-refractivity contribution in [1.29, 1.82) is 0 Å². The van der Waals surface area contributed by atoms with Gasteiger partial charge in [0.15, 0.2) is 0 Å². The van der Waals surface area contributed by atoms with E-state index in [2.05, 4.69) is 61.2 Å². The first-order chi connectivity index (χ1) is 12.8. The summed E-state index contributed by atoms with van der Waals surface area (Å²) in [6, 6.07) is 27.5. The van der Waals surface area contributed by atoms with Crippen LogP contribution in [-0.4, -0.2) is 5.25 Å². The average molecular weight is 360 g/mol. The summed E-state index contributed by atoms with van der Waals surface area (Å²) in [5, 5.41) is 0.216. The highest BCUT2D eigenvalue weighted by Crippen LogP contribution is 2.32. The fourth-order valence-corrected chi connectivity index (χ4v) is 3.86. The molecular formula is C24H21FS. The van der Waals surface area contributed by atoms with E-state index in [1.807, 2.05) is 30.3 Å². The Morgan fingerprint density at radius 2 is 1.38 bits per heavy atom. The van der Waals surface area contributed by atoms with Crippen LogP contribution in [0.25, 0.3) is 5.57 Å². The minimum atomic E-state index is -0.209. The largest absolute Gasteiger partial charge is 0.207 e. The van der Waals surface area contributed by atoms with E-state index in [0.29, 0.717) is 0 Å². The van der Waals surface area contributed by atoms with Gasteiger partial charge in [0.1, 0.15) is 5.82 Å². The first-order valence-electron chi connectivity index (χ1n) is 8.62. The van der Waals surface area contributed by atoms with E-state index >= 15 is 0 Å². The van der Waals surface area contributed by atoms with E-state index in [9.17, 15) is 4.39 Å². The van der Waals surface area contributed by atoms with Gasteiger partial charge in [0.25, 0.3) is 0 Å². The minimum Gasteiger partial charge on any atom is -0.207 e. The highest BCUT2D eigenvalue weighted by Gasteiger charge is 2.11. The number of hydrogen-bond acceptors (Lipinski definition) is 1. The van der Waals surface area contributed by atoms with Crippen molar-refractivity contribution in [3.8, 4) is 0 Å². The van der Waals surface area contributed by atoms with Crippen molar-refractivity contribution < 1.29 is 4.39 Å². The molecule has 0 aromatic heterocycles. The molecule has 0 spiro atoms. The Hall–Kier alpha value is -2.58. The van der Waals surface area contributed by atoms with E-state index in [-0.39, 0.29) is 11.1 Å². The molecule has 1 atom stereocenters. The maximum atomic E-state index is 13.2. The number of benzene rings is 3. The fraction of sp³-hybridized carbons (Fsp3) is 0.0833. The molecule has 0 aliphatic heterocycles. The SMILES string of the molecule is C=CCC(C=C(c1ccccc1)c1ccccc1)Sc1ccc(F)cc1. The number of thioether (sulfide) groups is 1. The third kappa shape index (κ3) is 4.96. The van der Waals surface area contributed by atoms with Gasteiger partial charge in [-0.25, -0.2) is 4.39 Å². The van der Waals surface area contributed by atoms with Crippen LogP contribution in [0.3, 0.4) is 0 Å². The zero-order chi connectivity index (χ0) is 18.2. The monoisotopic (exact) mass is 360 g/mol. The Kier molecular flexibility index (Phi) is 6.45. The first kappa shape index (κ1) is 18.2. The molecule has 3 aromatic carbocycles. The van der Waals surface area contributed by atoms with E-state index in [1.165, 1.54) is 28.8 Å².